The fourth-order valence-corrected chi connectivity index (χ4v) is 6.57. The number of fused-ring (bicyclic) bond motifs is 2. The topological polar surface area (TPSA) is 40.5 Å². The highest BCUT2D eigenvalue weighted by Gasteiger charge is 2.41. The molecule has 2 aliphatic rings. The Morgan fingerprint density at radius 3 is 2.70 bits per heavy atom. The average Bonchev–Trinajstić information content (AvgIpc) is 3.01. The van der Waals surface area contributed by atoms with Crippen molar-refractivity contribution >= 4 is 28.7 Å². The van der Waals surface area contributed by atoms with Crippen molar-refractivity contribution in [1.82, 2.24) is 19.7 Å². The Balaban J connectivity index is 1.67. The van der Waals surface area contributed by atoms with E-state index >= 15 is 0 Å². The number of aryl methyl sites for hydroxylation is 1. The highest BCUT2D eigenvalue weighted by molar-refractivity contribution is 7.99. The van der Waals surface area contributed by atoms with E-state index < -0.39 is 0 Å². The van der Waals surface area contributed by atoms with Gasteiger partial charge in [-0.3, -0.25) is 0 Å². The number of likely N-dealkylation sites (N-methyl/N-ethyl adjacent to an activating group) is 1. The van der Waals surface area contributed by atoms with Crippen LogP contribution in [0.1, 0.15) is 50.7 Å². The van der Waals surface area contributed by atoms with Crippen molar-refractivity contribution in [2.45, 2.75) is 63.1 Å². The minimum Gasteiger partial charge on any atom is -0.339 e. The molecule has 1 fully saturated rings. The molecule has 6 heteroatoms. The summed E-state index contributed by atoms with van der Waals surface area (Å²) in [6.45, 7) is 8.76. The van der Waals surface area contributed by atoms with E-state index in [2.05, 4.69) is 54.0 Å². The maximum absolute atomic E-state index is 12.7. The Morgan fingerprint density at radius 2 is 2.00 bits per heavy atom. The van der Waals surface area contributed by atoms with Crippen molar-refractivity contribution in [3.8, 4) is 0 Å². The van der Waals surface area contributed by atoms with Gasteiger partial charge in [0.25, 0.3) is 0 Å². The van der Waals surface area contributed by atoms with Gasteiger partial charge in [-0.25, -0.2) is 4.79 Å². The maximum Gasteiger partial charge on any atom is 0.317 e. The first kappa shape index (κ1) is 21.6. The molecule has 1 aliphatic carbocycles. The number of urea groups is 1. The number of thioether (sulfide) groups is 1. The van der Waals surface area contributed by atoms with Crippen LogP contribution < -0.4 is 5.32 Å². The lowest BCUT2D eigenvalue weighted by atomic mass is 9.74. The number of likely N-dealkylation sites (tertiary alicyclic amines) is 1. The third kappa shape index (κ3) is 3.62. The fourth-order valence-electron chi connectivity index (χ4n) is 5.52. The van der Waals surface area contributed by atoms with Crippen LogP contribution in [0.25, 0.3) is 10.9 Å². The van der Waals surface area contributed by atoms with Crippen molar-refractivity contribution in [2.75, 3.05) is 32.4 Å². The van der Waals surface area contributed by atoms with Gasteiger partial charge in [0, 0.05) is 55.6 Å². The molecule has 2 aromatic rings. The van der Waals surface area contributed by atoms with Crippen LogP contribution in [0, 0.1) is 0 Å². The second kappa shape index (κ2) is 8.83. The average molecular weight is 429 g/mol. The van der Waals surface area contributed by atoms with E-state index in [1.807, 2.05) is 30.5 Å². The molecule has 4 rings (SSSR count). The zero-order valence-corrected chi connectivity index (χ0v) is 19.9. The summed E-state index contributed by atoms with van der Waals surface area (Å²) in [5, 5.41) is 6.24. The van der Waals surface area contributed by atoms with Crippen LogP contribution in [-0.2, 0) is 13.5 Å². The predicted molar refractivity (Wildman–Crippen MR) is 127 cm³/mol. The molecule has 1 saturated heterocycles. The highest BCUT2D eigenvalue weighted by Crippen LogP contribution is 2.46. The number of amides is 2. The van der Waals surface area contributed by atoms with Crippen LogP contribution >= 0.6 is 11.8 Å². The van der Waals surface area contributed by atoms with Crippen molar-refractivity contribution in [3.05, 3.63) is 29.3 Å². The number of carbonyl (C=O) groups excluding carboxylic acids is 1. The lowest BCUT2D eigenvalue weighted by Crippen LogP contribution is -2.56. The number of nitrogens with one attached hydrogen (secondary N) is 1. The van der Waals surface area contributed by atoms with E-state index in [0.29, 0.717) is 12.0 Å². The molecule has 1 aromatic carbocycles. The molecule has 2 amide bonds. The van der Waals surface area contributed by atoms with Gasteiger partial charge in [-0.05, 0) is 63.1 Å². The Labute approximate surface area is 185 Å². The molecular formula is C24H36N4OS. The van der Waals surface area contributed by atoms with Gasteiger partial charge in [0.1, 0.15) is 0 Å². The zero-order valence-electron chi connectivity index (χ0n) is 19.1. The van der Waals surface area contributed by atoms with E-state index in [1.165, 1.54) is 27.9 Å². The van der Waals surface area contributed by atoms with Crippen molar-refractivity contribution in [2.24, 2.45) is 7.05 Å². The summed E-state index contributed by atoms with van der Waals surface area (Å²) in [5.41, 5.74) is 4.38. The summed E-state index contributed by atoms with van der Waals surface area (Å²) in [4.78, 5) is 17.0. The monoisotopic (exact) mass is 428 g/mol. The molecule has 0 saturated carbocycles. The van der Waals surface area contributed by atoms with Crippen LogP contribution in [0.4, 0.5) is 4.79 Å². The number of hydrogen-bond acceptors (Lipinski definition) is 3. The quantitative estimate of drug-likeness (QED) is 0.692. The maximum atomic E-state index is 12.7. The van der Waals surface area contributed by atoms with Gasteiger partial charge in [0.05, 0.1) is 5.03 Å². The molecule has 0 bridgehead atoms. The van der Waals surface area contributed by atoms with Crippen LogP contribution in [0.2, 0.25) is 0 Å². The lowest BCUT2D eigenvalue weighted by Gasteiger charge is -2.46. The highest BCUT2D eigenvalue weighted by atomic mass is 32.2. The SMILES string of the molecule is CCCSc1c2c3c(cccc3n1C)[C@H]1C[C@H](NC(=O)N(CC)CC)CN(C)[C@@H]1C2. The Kier molecular flexibility index (Phi) is 6.35. The molecule has 1 N–H and O–H groups in total. The van der Waals surface area contributed by atoms with E-state index in [-0.39, 0.29) is 12.1 Å². The van der Waals surface area contributed by atoms with E-state index in [9.17, 15) is 4.79 Å². The molecule has 0 radical (unpaired) electrons. The largest absolute Gasteiger partial charge is 0.339 e. The molecule has 0 spiro atoms. The van der Waals surface area contributed by atoms with Gasteiger partial charge in [0.15, 0.2) is 0 Å². The molecule has 2 heterocycles. The fraction of sp³-hybridized carbons (Fsp3) is 0.625. The van der Waals surface area contributed by atoms with Crippen LogP contribution in [0.15, 0.2) is 23.2 Å². The van der Waals surface area contributed by atoms with Gasteiger partial charge >= 0.3 is 6.03 Å². The first-order valence-corrected chi connectivity index (χ1v) is 12.5. The normalized spacial score (nSPS) is 23.4. The molecule has 5 nitrogen and oxygen atoms in total. The van der Waals surface area contributed by atoms with E-state index in [4.69, 9.17) is 0 Å². The van der Waals surface area contributed by atoms with E-state index in [0.717, 1.165) is 38.2 Å². The first-order valence-electron chi connectivity index (χ1n) is 11.5. The number of nitrogens with zero attached hydrogens (tertiary/aromatic N) is 3. The zero-order chi connectivity index (χ0) is 21.4. The number of benzene rings is 1. The third-order valence-electron chi connectivity index (χ3n) is 7.01. The molecule has 30 heavy (non-hydrogen) atoms. The number of rotatable bonds is 6. The van der Waals surface area contributed by atoms with Crippen molar-refractivity contribution in [1.29, 1.82) is 0 Å². The van der Waals surface area contributed by atoms with Crippen LogP contribution in [-0.4, -0.2) is 64.9 Å². The van der Waals surface area contributed by atoms with Gasteiger partial charge in [-0.15, -0.1) is 11.8 Å². The summed E-state index contributed by atoms with van der Waals surface area (Å²) < 4.78 is 2.41. The standard InChI is InChI=1S/C24H36N4OS/c1-6-12-30-23-19-14-21-18(17-10-9-11-20(22(17)19)27(23)5)13-16(15-26(21)4)25-24(29)28(7-2)8-3/h9-11,16,18,21H,6-8,12-15H2,1-5H3,(H,25,29)/t16-,18+,21+/m0/s1. The molecule has 0 unspecified atom stereocenters. The van der Waals surface area contributed by atoms with Gasteiger partial charge in [-0.2, -0.15) is 0 Å². The third-order valence-corrected chi connectivity index (χ3v) is 8.42. The first-order chi connectivity index (χ1) is 14.5. The molecule has 3 atom stereocenters. The smallest absolute Gasteiger partial charge is 0.317 e. The molecule has 164 valence electrons. The summed E-state index contributed by atoms with van der Waals surface area (Å²) in [6, 6.07) is 7.59. The second-order valence-electron chi connectivity index (χ2n) is 8.80. The summed E-state index contributed by atoms with van der Waals surface area (Å²) in [7, 11) is 4.46. The van der Waals surface area contributed by atoms with Crippen LogP contribution in [0.3, 0.4) is 0 Å². The van der Waals surface area contributed by atoms with Crippen molar-refractivity contribution in [3.63, 3.8) is 0 Å². The number of hydrogen-bond donors (Lipinski definition) is 1. The second-order valence-corrected chi connectivity index (χ2v) is 9.89. The predicted octanol–water partition coefficient (Wildman–Crippen LogP) is 4.44. The number of carbonyl (C=O) groups is 1. The van der Waals surface area contributed by atoms with Crippen molar-refractivity contribution < 1.29 is 4.79 Å². The van der Waals surface area contributed by atoms with E-state index in [1.54, 1.807) is 5.56 Å². The Hall–Kier alpha value is -1.66. The summed E-state index contributed by atoms with van der Waals surface area (Å²) in [5.74, 6) is 1.63. The Morgan fingerprint density at radius 1 is 1.23 bits per heavy atom. The lowest BCUT2D eigenvalue weighted by molar-refractivity contribution is 0.123. The Bertz CT molecular complexity index is 920. The van der Waals surface area contributed by atoms with Crippen LogP contribution in [0.5, 0.6) is 0 Å². The minimum absolute atomic E-state index is 0.0736. The minimum atomic E-state index is 0.0736. The van der Waals surface area contributed by atoms with Gasteiger partial charge in [-0.1, -0.05) is 19.1 Å². The molecular weight excluding hydrogens is 392 g/mol. The number of piperidine rings is 1. The van der Waals surface area contributed by atoms with Gasteiger partial charge in [0.2, 0.25) is 0 Å². The number of aromatic nitrogens is 1. The molecule has 1 aliphatic heterocycles. The summed E-state index contributed by atoms with van der Waals surface area (Å²) in [6.07, 6.45) is 3.32. The van der Waals surface area contributed by atoms with Gasteiger partial charge < -0.3 is 19.7 Å². The summed E-state index contributed by atoms with van der Waals surface area (Å²) >= 11 is 2.01. The molecule has 1 aromatic heterocycles.